The molecule has 9 heavy (non-hydrogen) atoms. The van der Waals surface area contributed by atoms with Crippen molar-refractivity contribution < 1.29 is 0 Å². The second kappa shape index (κ2) is 1.99. The van der Waals surface area contributed by atoms with E-state index in [1.165, 1.54) is 19.4 Å². The first-order valence-corrected chi connectivity index (χ1v) is 3.55. The number of hydrogen-bond acceptors (Lipinski definition) is 1. The van der Waals surface area contributed by atoms with E-state index >= 15 is 0 Å². The van der Waals surface area contributed by atoms with Crippen molar-refractivity contribution in [1.82, 2.24) is 5.32 Å². The monoisotopic (exact) mass is 121 g/mol. The third kappa shape index (κ3) is 0.815. The number of hydrogen-bond donors (Lipinski definition) is 1. The standard InChI is InChI=1S/C8H11N/c1-2-7-4-5-9-6-8(7)3-1/h1-2,9H,3-6H2. The predicted octanol–water partition coefficient (Wildman–Crippen LogP) is 1.24. The highest BCUT2D eigenvalue weighted by molar-refractivity contribution is 5.36. The first kappa shape index (κ1) is 5.24. The minimum absolute atomic E-state index is 1.13. The lowest BCUT2D eigenvalue weighted by atomic mass is 10.1. The van der Waals surface area contributed by atoms with E-state index in [9.17, 15) is 0 Å². The molecule has 1 aliphatic heterocycles. The summed E-state index contributed by atoms with van der Waals surface area (Å²) in [7, 11) is 0. The third-order valence-corrected chi connectivity index (χ3v) is 2.05. The van der Waals surface area contributed by atoms with Crippen molar-refractivity contribution in [2.45, 2.75) is 12.8 Å². The minimum Gasteiger partial charge on any atom is -0.313 e. The molecule has 1 N–H and O–H groups in total. The van der Waals surface area contributed by atoms with Gasteiger partial charge in [0.25, 0.3) is 0 Å². The Morgan fingerprint density at radius 3 is 3.33 bits per heavy atom. The van der Waals surface area contributed by atoms with Gasteiger partial charge in [0, 0.05) is 6.54 Å². The topological polar surface area (TPSA) is 12.0 Å². The molecule has 0 amide bonds. The van der Waals surface area contributed by atoms with Crippen molar-refractivity contribution in [3.63, 3.8) is 0 Å². The molecule has 0 aromatic heterocycles. The summed E-state index contributed by atoms with van der Waals surface area (Å²) in [6.07, 6.45) is 6.97. The van der Waals surface area contributed by atoms with Crippen molar-refractivity contribution in [3.05, 3.63) is 23.3 Å². The molecule has 48 valence electrons. The van der Waals surface area contributed by atoms with Crippen LogP contribution < -0.4 is 5.32 Å². The van der Waals surface area contributed by atoms with Crippen LogP contribution in [0.2, 0.25) is 0 Å². The van der Waals surface area contributed by atoms with E-state index in [1.807, 2.05) is 0 Å². The van der Waals surface area contributed by atoms with Gasteiger partial charge < -0.3 is 5.32 Å². The molecule has 1 heteroatoms. The summed E-state index contributed by atoms with van der Waals surface area (Å²) in [4.78, 5) is 0. The van der Waals surface area contributed by atoms with Gasteiger partial charge in [0.2, 0.25) is 0 Å². The second-order valence-electron chi connectivity index (χ2n) is 2.66. The smallest absolute Gasteiger partial charge is 0.0173 e. The molecule has 0 radical (unpaired) electrons. The molecule has 1 aliphatic carbocycles. The highest BCUT2D eigenvalue weighted by atomic mass is 14.9. The first-order valence-electron chi connectivity index (χ1n) is 3.55. The van der Waals surface area contributed by atoms with Gasteiger partial charge in [-0.05, 0) is 30.5 Å². The molecule has 0 saturated heterocycles. The van der Waals surface area contributed by atoms with E-state index in [4.69, 9.17) is 0 Å². The van der Waals surface area contributed by atoms with Gasteiger partial charge in [-0.2, -0.15) is 0 Å². The highest BCUT2D eigenvalue weighted by Gasteiger charge is 2.11. The average molecular weight is 121 g/mol. The molecule has 2 aliphatic rings. The molecule has 0 bridgehead atoms. The zero-order valence-electron chi connectivity index (χ0n) is 5.48. The summed E-state index contributed by atoms with van der Waals surface area (Å²) in [6, 6.07) is 0. The van der Waals surface area contributed by atoms with Crippen LogP contribution >= 0.6 is 0 Å². The number of rotatable bonds is 0. The fraction of sp³-hybridized carbons (Fsp3) is 0.500. The zero-order chi connectivity index (χ0) is 6.10. The summed E-state index contributed by atoms with van der Waals surface area (Å²) in [5.74, 6) is 0. The van der Waals surface area contributed by atoms with Gasteiger partial charge in [-0.3, -0.25) is 0 Å². The van der Waals surface area contributed by atoms with E-state index in [0.29, 0.717) is 0 Å². The van der Waals surface area contributed by atoms with Crippen LogP contribution in [0.25, 0.3) is 0 Å². The Kier molecular flexibility index (Phi) is 1.16. The molecule has 0 atom stereocenters. The lowest BCUT2D eigenvalue weighted by molar-refractivity contribution is 0.684. The summed E-state index contributed by atoms with van der Waals surface area (Å²) in [5.41, 5.74) is 3.20. The van der Waals surface area contributed by atoms with Crippen LogP contribution in [0.1, 0.15) is 12.8 Å². The zero-order valence-corrected chi connectivity index (χ0v) is 5.48. The fourth-order valence-electron chi connectivity index (χ4n) is 1.50. The lowest BCUT2D eigenvalue weighted by Gasteiger charge is -2.14. The van der Waals surface area contributed by atoms with Crippen molar-refractivity contribution >= 4 is 0 Å². The third-order valence-electron chi connectivity index (χ3n) is 2.05. The van der Waals surface area contributed by atoms with Gasteiger partial charge in [-0.1, -0.05) is 12.2 Å². The molecule has 1 heterocycles. The summed E-state index contributed by atoms with van der Waals surface area (Å²) >= 11 is 0. The first-order chi connectivity index (χ1) is 4.47. The van der Waals surface area contributed by atoms with Crippen LogP contribution in [0.5, 0.6) is 0 Å². The lowest BCUT2D eigenvalue weighted by Crippen LogP contribution is -2.23. The number of allylic oxidation sites excluding steroid dienone is 2. The molecule has 0 spiro atoms. The quantitative estimate of drug-likeness (QED) is 0.508. The van der Waals surface area contributed by atoms with Gasteiger partial charge in [0.05, 0.1) is 0 Å². The van der Waals surface area contributed by atoms with Crippen LogP contribution in [-0.4, -0.2) is 13.1 Å². The van der Waals surface area contributed by atoms with Gasteiger partial charge in [0.15, 0.2) is 0 Å². The Balaban J connectivity index is 2.24. The SMILES string of the molecule is C1=CC2=C(C1)CNCC2. The maximum Gasteiger partial charge on any atom is 0.0173 e. The van der Waals surface area contributed by atoms with Gasteiger partial charge in [-0.25, -0.2) is 0 Å². The molecule has 0 saturated carbocycles. The fourth-order valence-corrected chi connectivity index (χ4v) is 1.50. The van der Waals surface area contributed by atoms with Crippen LogP contribution in [0.15, 0.2) is 23.3 Å². The van der Waals surface area contributed by atoms with Gasteiger partial charge >= 0.3 is 0 Å². The van der Waals surface area contributed by atoms with E-state index < -0.39 is 0 Å². The largest absolute Gasteiger partial charge is 0.313 e. The molecule has 0 aromatic carbocycles. The predicted molar refractivity (Wildman–Crippen MR) is 38.3 cm³/mol. The van der Waals surface area contributed by atoms with E-state index in [2.05, 4.69) is 17.5 Å². The summed E-state index contributed by atoms with van der Waals surface area (Å²) in [6.45, 7) is 2.30. The summed E-state index contributed by atoms with van der Waals surface area (Å²) in [5, 5.41) is 3.36. The van der Waals surface area contributed by atoms with Crippen LogP contribution in [-0.2, 0) is 0 Å². The van der Waals surface area contributed by atoms with Crippen LogP contribution in [0.3, 0.4) is 0 Å². The molecule has 0 fully saturated rings. The van der Waals surface area contributed by atoms with Crippen molar-refractivity contribution in [2.75, 3.05) is 13.1 Å². The maximum atomic E-state index is 3.36. The van der Waals surface area contributed by atoms with E-state index in [-0.39, 0.29) is 0 Å². The Hall–Kier alpha value is -0.560. The average Bonchev–Trinajstić information content (AvgIpc) is 2.33. The molecule has 0 aromatic rings. The molecule has 1 nitrogen and oxygen atoms in total. The molecular formula is C8H11N. The van der Waals surface area contributed by atoms with Gasteiger partial charge in [-0.15, -0.1) is 0 Å². The molecule has 2 rings (SSSR count). The van der Waals surface area contributed by atoms with Crippen LogP contribution in [0, 0.1) is 0 Å². The van der Waals surface area contributed by atoms with Gasteiger partial charge in [0.1, 0.15) is 0 Å². The Labute approximate surface area is 55.5 Å². The maximum absolute atomic E-state index is 3.36. The minimum atomic E-state index is 1.13. The van der Waals surface area contributed by atoms with Crippen molar-refractivity contribution in [2.24, 2.45) is 0 Å². The second-order valence-corrected chi connectivity index (χ2v) is 2.66. The van der Waals surface area contributed by atoms with Crippen molar-refractivity contribution in [3.8, 4) is 0 Å². The normalized spacial score (nSPS) is 24.9. The summed E-state index contributed by atoms with van der Waals surface area (Å²) < 4.78 is 0. The Morgan fingerprint density at radius 1 is 1.44 bits per heavy atom. The molecule has 0 unspecified atom stereocenters. The Bertz CT molecular complexity index is 177. The Morgan fingerprint density at radius 2 is 2.44 bits per heavy atom. The van der Waals surface area contributed by atoms with Crippen molar-refractivity contribution in [1.29, 1.82) is 0 Å². The van der Waals surface area contributed by atoms with E-state index in [0.717, 1.165) is 6.54 Å². The van der Waals surface area contributed by atoms with Crippen LogP contribution in [0.4, 0.5) is 0 Å². The molecular weight excluding hydrogens is 110 g/mol. The number of nitrogens with one attached hydrogen (secondary N) is 1. The van der Waals surface area contributed by atoms with E-state index in [1.54, 1.807) is 11.1 Å². The highest BCUT2D eigenvalue weighted by Crippen LogP contribution is 2.22.